The summed E-state index contributed by atoms with van der Waals surface area (Å²) in [4.78, 5) is 9.29. The summed E-state index contributed by atoms with van der Waals surface area (Å²) in [6, 6.07) is 45.8. The Morgan fingerprint density at radius 1 is 0.603 bits per heavy atom. The summed E-state index contributed by atoms with van der Waals surface area (Å²) in [6.07, 6.45) is -1.94. The Bertz CT molecular complexity index is 4280. The molecule has 0 radical (unpaired) electrons. The van der Waals surface area contributed by atoms with E-state index in [4.69, 9.17) is 22.7 Å². The zero-order valence-corrected chi connectivity index (χ0v) is 42.0. The lowest BCUT2D eigenvalue weighted by atomic mass is 9.82. The Hall–Kier alpha value is -8.09. The second-order valence-electron chi connectivity index (χ2n) is 20.6. The number of nitrogens with zero attached hydrogens (tertiary/aromatic N) is 4. The molecule has 10 aromatic rings. The Morgan fingerprint density at radius 3 is 2.04 bits per heavy atom. The fourth-order valence-corrected chi connectivity index (χ4v) is 10.2. The van der Waals surface area contributed by atoms with Crippen LogP contribution in [-0.4, -0.2) is 16.2 Å². The number of pyridine rings is 1. The van der Waals surface area contributed by atoms with Crippen LogP contribution in [0.3, 0.4) is 0 Å². The summed E-state index contributed by atoms with van der Waals surface area (Å²) in [5.74, 6) is 0.989. The van der Waals surface area contributed by atoms with Crippen molar-refractivity contribution in [2.75, 3.05) is 16.5 Å². The minimum atomic E-state index is -2.60. The van der Waals surface area contributed by atoms with Crippen LogP contribution in [0.4, 0.5) is 22.7 Å². The molecule has 0 aliphatic carbocycles. The van der Waals surface area contributed by atoms with Crippen LogP contribution in [0.2, 0.25) is 0 Å². The van der Waals surface area contributed by atoms with Crippen molar-refractivity contribution in [1.82, 2.24) is 9.55 Å². The molecule has 12 bridgehead atoms. The third-order valence-electron chi connectivity index (χ3n) is 13.6. The third-order valence-corrected chi connectivity index (χ3v) is 13.6. The number of benzene rings is 8. The molecule has 8 aromatic carbocycles. The highest BCUT2D eigenvalue weighted by Crippen LogP contribution is 2.52. The number of rotatable bonds is 5. The highest BCUT2D eigenvalue weighted by atomic mass is 16.5. The molecule has 0 fully saturated rings. The van der Waals surface area contributed by atoms with Crippen LogP contribution in [0, 0.1) is 18.7 Å². The topological polar surface area (TPSA) is 42.8 Å². The first-order valence-corrected chi connectivity index (χ1v) is 24.9. The largest absolute Gasteiger partial charge is 0.457 e. The molecule has 15 rings (SSSR count). The highest BCUT2D eigenvalue weighted by molar-refractivity contribution is 6.09. The minimum Gasteiger partial charge on any atom is -0.457 e. The fourth-order valence-electron chi connectivity index (χ4n) is 10.2. The fraction of sp³-hybridized carbons (Fsp3) is 0.209. The smallest absolute Gasteiger partial charge is 0.137 e. The number of fused-ring (bicyclic) bond motifs is 6. The molecule has 0 N–H and O–H groups in total. The molecule has 73 heavy (non-hydrogen) atoms. The molecular formula is C67H62N4O2. The van der Waals surface area contributed by atoms with Crippen LogP contribution in [0.1, 0.15) is 85.8 Å². The van der Waals surface area contributed by atoms with Gasteiger partial charge in [-0.3, -0.25) is 4.57 Å². The summed E-state index contributed by atoms with van der Waals surface area (Å²) in [7, 11) is 0. The molecule has 0 unspecified atom stereocenters. The number of para-hydroxylation sites is 3. The van der Waals surface area contributed by atoms with Gasteiger partial charge in [0.2, 0.25) is 0 Å². The number of hydrogen-bond donors (Lipinski definition) is 0. The first kappa shape index (κ1) is 35.1. The summed E-state index contributed by atoms with van der Waals surface area (Å²) in [5.41, 5.74) is 9.54. The minimum absolute atomic E-state index is 0.0307. The number of aryl methyl sites for hydroxylation is 1. The van der Waals surface area contributed by atoms with Gasteiger partial charge in [0, 0.05) is 61.1 Å². The van der Waals surface area contributed by atoms with E-state index in [0.29, 0.717) is 72.7 Å². The SMILES string of the molecule is [2H]c1c([2H])c([2H])c2c(c1[2H])c1ccc3cc1n2-c1ccc(cn1)-c1ccc(c(C([2H])([2H])[2H])c1)Oc1ccc(cc1)-c1cc(C([2H])([2H])C(C)C)cc(-c2cc(C(C)(C)C)cc(C([2H])([2H])C(C)C)c2)c1N1CN(c2cccc(c2)O3)c2ccccc21. The Balaban J connectivity index is 1.12. The maximum absolute atomic E-state index is 9.69. The number of anilines is 4. The van der Waals surface area contributed by atoms with Gasteiger partial charge in [0.25, 0.3) is 0 Å². The van der Waals surface area contributed by atoms with Gasteiger partial charge in [0.15, 0.2) is 0 Å². The van der Waals surface area contributed by atoms with E-state index in [-0.39, 0.29) is 47.5 Å². The molecule has 0 amide bonds. The zero-order chi connectivity index (χ0) is 59.7. The summed E-state index contributed by atoms with van der Waals surface area (Å²) >= 11 is 0. The zero-order valence-electron chi connectivity index (χ0n) is 53.0. The molecule has 0 saturated carbocycles. The normalized spacial score (nSPS) is 15.9. The summed E-state index contributed by atoms with van der Waals surface area (Å²) < 4.78 is 115. The molecule has 0 atom stereocenters. The van der Waals surface area contributed by atoms with Crippen LogP contribution in [0.25, 0.3) is 61.0 Å². The van der Waals surface area contributed by atoms with Gasteiger partial charge in [0.1, 0.15) is 35.5 Å². The van der Waals surface area contributed by atoms with Crippen LogP contribution in [-0.2, 0) is 18.2 Å². The van der Waals surface area contributed by atoms with Crippen molar-refractivity contribution in [1.29, 1.82) is 0 Å². The van der Waals surface area contributed by atoms with Crippen molar-refractivity contribution in [3.05, 3.63) is 204 Å². The number of aromatic nitrogens is 2. The van der Waals surface area contributed by atoms with Crippen LogP contribution < -0.4 is 19.3 Å². The van der Waals surface area contributed by atoms with E-state index >= 15 is 0 Å². The van der Waals surface area contributed by atoms with E-state index in [0.717, 1.165) is 39.4 Å². The van der Waals surface area contributed by atoms with E-state index in [9.17, 15) is 6.85 Å². The van der Waals surface area contributed by atoms with Gasteiger partial charge < -0.3 is 19.3 Å². The second-order valence-corrected chi connectivity index (χ2v) is 20.6. The van der Waals surface area contributed by atoms with Crippen molar-refractivity contribution in [2.45, 2.75) is 73.5 Å². The van der Waals surface area contributed by atoms with Gasteiger partial charge in [-0.15, -0.1) is 0 Å². The predicted molar refractivity (Wildman–Crippen MR) is 304 cm³/mol. The molecule has 2 aromatic heterocycles. The maximum Gasteiger partial charge on any atom is 0.137 e. The summed E-state index contributed by atoms with van der Waals surface area (Å²) in [6.45, 7) is 11.5. The van der Waals surface area contributed by atoms with E-state index < -0.39 is 37.0 Å². The Kier molecular flexibility index (Phi) is 8.75. The van der Waals surface area contributed by atoms with E-state index in [1.54, 1.807) is 71.4 Å². The lowest BCUT2D eigenvalue weighted by Gasteiger charge is -2.29. The Labute approximate surface area is 445 Å². The lowest BCUT2D eigenvalue weighted by molar-refractivity contribution is 0.479. The molecule has 6 nitrogen and oxygen atoms in total. The van der Waals surface area contributed by atoms with Crippen molar-refractivity contribution in [3.63, 3.8) is 0 Å². The van der Waals surface area contributed by atoms with E-state index in [2.05, 4.69) is 48.8 Å². The predicted octanol–water partition coefficient (Wildman–Crippen LogP) is 18.3. The van der Waals surface area contributed by atoms with Crippen molar-refractivity contribution in [2.24, 2.45) is 11.8 Å². The summed E-state index contributed by atoms with van der Waals surface area (Å²) in [5, 5.41) is 0.882. The van der Waals surface area contributed by atoms with Crippen LogP contribution >= 0.6 is 0 Å². The number of hydrogen-bond acceptors (Lipinski definition) is 5. The van der Waals surface area contributed by atoms with Crippen molar-refractivity contribution >= 4 is 44.6 Å². The molecule has 6 heteroatoms. The van der Waals surface area contributed by atoms with Crippen LogP contribution in [0.5, 0.6) is 23.0 Å². The standard InChI is InChI=1S/C67H62N4O2/c1-42(2)30-45-33-50(37-51(34-45)67(6,7)8)59-36-46(31-43(3)4)35-58-47-20-24-53(25-21-47)73-64-28-22-48(32-44(64)5)49-23-29-65(68-40-49)71-60-17-10-9-16-56(60)57-27-26-55(39-63(57)71)72-54-15-13-14-52(38-54)69-41-70(66(58)59)62-19-12-11-18-61(62)69/h9-29,32-40,42-43H,30-31,41H2,1-8H3/i5D3,9D,10D,16D,17D,30D2,31D2. The number of ether oxygens (including phenoxy) is 2. The van der Waals surface area contributed by atoms with Gasteiger partial charge in [0.05, 0.1) is 33.6 Å². The average molecular weight is 966 g/mol. The molecule has 0 spiro atoms. The molecule has 5 aliphatic rings. The highest BCUT2D eigenvalue weighted by Gasteiger charge is 2.33. The van der Waals surface area contributed by atoms with Gasteiger partial charge in [-0.05, 0) is 167 Å². The van der Waals surface area contributed by atoms with Crippen molar-refractivity contribution in [3.8, 4) is 62.2 Å². The van der Waals surface area contributed by atoms with Gasteiger partial charge in [-0.2, -0.15) is 0 Å². The third kappa shape index (κ3) is 8.69. The molecule has 0 saturated heterocycles. The molecular weight excluding hydrogens is 893 g/mol. The quantitative estimate of drug-likeness (QED) is 0.172. The van der Waals surface area contributed by atoms with Gasteiger partial charge in [-0.1, -0.05) is 121 Å². The second kappa shape index (κ2) is 18.2. The van der Waals surface area contributed by atoms with Crippen LogP contribution in [0.15, 0.2) is 182 Å². The Morgan fingerprint density at radius 2 is 1.30 bits per heavy atom. The monoisotopic (exact) mass is 966 g/mol. The molecule has 362 valence electrons. The van der Waals surface area contributed by atoms with Gasteiger partial charge in [-0.25, -0.2) is 4.98 Å². The van der Waals surface area contributed by atoms with Crippen molar-refractivity contribution < 1.29 is 24.6 Å². The van der Waals surface area contributed by atoms with E-state index in [1.807, 2.05) is 100 Å². The van der Waals surface area contributed by atoms with Gasteiger partial charge >= 0.3 is 0 Å². The first-order chi connectivity index (χ1) is 39.7. The van der Waals surface area contributed by atoms with E-state index in [1.165, 1.54) is 0 Å². The molecule has 7 heterocycles. The maximum atomic E-state index is 9.69. The average Bonchev–Trinajstić information content (AvgIpc) is 1.82. The lowest BCUT2D eigenvalue weighted by Crippen LogP contribution is -2.25. The molecule has 5 aliphatic heterocycles. The first-order valence-electron chi connectivity index (χ1n) is 30.4.